The highest BCUT2D eigenvalue weighted by atomic mass is 19.3. The zero-order valence-corrected chi connectivity index (χ0v) is 14.4. The summed E-state index contributed by atoms with van der Waals surface area (Å²) in [6.07, 6.45) is 0. The Hall–Kier alpha value is -3.56. The lowest BCUT2D eigenvalue weighted by Crippen LogP contribution is -2.05. The number of carbonyl (C=O) groups is 1. The van der Waals surface area contributed by atoms with Gasteiger partial charge in [0.05, 0.1) is 12.7 Å². The van der Waals surface area contributed by atoms with Crippen LogP contribution in [0.3, 0.4) is 0 Å². The molecule has 0 aliphatic rings. The second kappa shape index (κ2) is 8.42. The minimum atomic E-state index is -3.00. The van der Waals surface area contributed by atoms with Gasteiger partial charge < -0.3 is 18.7 Å². The lowest BCUT2D eigenvalue weighted by atomic mass is 10.2. The Kier molecular flexibility index (Phi) is 5.78. The molecule has 3 aromatic rings. The second-order valence-electron chi connectivity index (χ2n) is 5.34. The van der Waals surface area contributed by atoms with Gasteiger partial charge in [0.1, 0.15) is 5.82 Å². The molecule has 0 N–H and O–H groups in total. The van der Waals surface area contributed by atoms with E-state index in [0.717, 1.165) is 6.07 Å². The van der Waals surface area contributed by atoms with Gasteiger partial charge in [-0.1, -0.05) is 11.2 Å². The summed E-state index contributed by atoms with van der Waals surface area (Å²) in [7, 11) is 1.30. The summed E-state index contributed by atoms with van der Waals surface area (Å²) >= 11 is 0. The van der Waals surface area contributed by atoms with E-state index in [-0.39, 0.29) is 35.4 Å². The van der Waals surface area contributed by atoms with Crippen LogP contribution in [0.5, 0.6) is 11.5 Å². The van der Waals surface area contributed by atoms with Gasteiger partial charge in [-0.2, -0.15) is 13.8 Å². The molecule has 0 bridgehead atoms. The molecule has 3 rings (SSSR count). The van der Waals surface area contributed by atoms with E-state index in [1.54, 1.807) is 0 Å². The molecule has 0 radical (unpaired) electrons. The SMILES string of the molecule is COc1cc(-c2noc(COC(=O)c3cccc(F)c3)n2)ccc1OC(F)F. The molecule has 0 aliphatic carbocycles. The minimum absolute atomic E-state index is 0.00775. The zero-order chi connectivity index (χ0) is 20.1. The van der Waals surface area contributed by atoms with Gasteiger partial charge in [0, 0.05) is 5.56 Å². The lowest BCUT2D eigenvalue weighted by Gasteiger charge is -2.10. The molecule has 10 heteroatoms. The normalized spacial score (nSPS) is 10.8. The monoisotopic (exact) mass is 394 g/mol. The van der Waals surface area contributed by atoms with E-state index in [0.29, 0.717) is 5.56 Å². The number of nitrogens with zero attached hydrogens (tertiary/aromatic N) is 2. The van der Waals surface area contributed by atoms with Gasteiger partial charge in [-0.3, -0.25) is 0 Å². The Balaban J connectivity index is 1.69. The van der Waals surface area contributed by atoms with Crippen molar-refractivity contribution in [2.24, 2.45) is 0 Å². The Morgan fingerprint density at radius 3 is 2.71 bits per heavy atom. The van der Waals surface area contributed by atoms with Crippen molar-refractivity contribution < 1.29 is 36.7 Å². The van der Waals surface area contributed by atoms with E-state index >= 15 is 0 Å². The van der Waals surface area contributed by atoms with E-state index in [1.807, 2.05) is 0 Å². The highest BCUT2D eigenvalue weighted by Gasteiger charge is 2.16. The van der Waals surface area contributed by atoms with E-state index < -0.39 is 18.4 Å². The highest BCUT2D eigenvalue weighted by molar-refractivity contribution is 5.89. The number of hydrogen-bond donors (Lipinski definition) is 0. The summed E-state index contributed by atoms with van der Waals surface area (Å²) in [5.41, 5.74) is 0.448. The highest BCUT2D eigenvalue weighted by Crippen LogP contribution is 2.32. The third-order valence-electron chi connectivity index (χ3n) is 3.49. The molecule has 0 fully saturated rings. The fourth-order valence-corrected chi connectivity index (χ4v) is 2.26. The van der Waals surface area contributed by atoms with Crippen LogP contribution in [0.4, 0.5) is 13.2 Å². The number of aromatic nitrogens is 2. The molecule has 0 atom stereocenters. The van der Waals surface area contributed by atoms with Crippen LogP contribution < -0.4 is 9.47 Å². The summed E-state index contributed by atoms with van der Waals surface area (Å²) in [5.74, 6) is -1.29. The molecule has 0 amide bonds. The molecule has 28 heavy (non-hydrogen) atoms. The van der Waals surface area contributed by atoms with Crippen molar-refractivity contribution in [1.82, 2.24) is 10.1 Å². The maximum Gasteiger partial charge on any atom is 0.387 e. The van der Waals surface area contributed by atoms with Crippen molar-refractivity contribution in [3.63, 3.8) is 0 Å². The smallest absolute Gasteiger partial charge is 0.387 e. The molecule has 7 nitrogen and oxygen atoms in total. The molecule has 1 heterocycles. The predicted molar refractivity (Wildman–Crippen MR) is 88.4 cm³/mol. The number of carbonyl (C=O) groups excluding carboxylic acids is 1. The Labute approximate surface area is 156 Å². The number of methoxy groups -OCH3 is 1. The Bertz CT molecular complexity index is 977. The first-order valence-electron chi connectivity index (χ1n) is 7.85. The summed E-state index contributed by atoms with van der Waals surface area (Å²) in [6.45, 7) is -3.32. The standard InChI is InChI=1S/C18H13F3N2O5/c1-25-14-8-10(5-6-13(14)27-18(20)21)16-22-15(28-23-16)9-26-17(24)11-3-2-4-12(19)7-11/h2-8,18H,9H2,1H3. The largest absolute Gasteiger partial charge is 0.493 e. The number of hydrogen-bond acceptors (Lipinski definition) is 7. The minimum Gasteiger partial charge on any atom is -0.493 e. The van der Waals surface area contributed by atoms with E-state index in [2.05, 4.69) is 14.9 Å². The molecule has 0 saturated heterocycles. The summed E-state index contributed by atoms with van der Waals surface area (Å²) in [5, 5.41) is 3.74. The lowest BCUT2D eigenvalue weighted by molar-refractivity contribution is -0.0512. The first-order valence-corrected chi connectivity index (χ1v) is 7.85. The van der Waals surface area contributed by atoms with Gasteiger partial charge in [0.2, 0.25) is 5.82 Å². The Morgan fingerprint density at radius 1 is 1.18 bits per heavy atom. The van der Waals surface area contributed by atoms with Crippen molar-refractivity contribution >= 4 is 5.97 Å². The average Bonchev–Trinajstić information content (AvgIpc) is 3.15. The van der Waals surface area contributed by atoms with E-state index in [4.69, 9.17) is 14.0 Å². The maximum absolute atomic E-state index is 13.1. The number of ether oxygens (including phenoxy) is 3. The average molecular weight is 394 g/mol. The fourth-order valence-electron chi connectivity index (χ4n) is 2.26. The van der Waals surface area contributed by atoms with Crippen LogP contribution in [0.1, 0.15) is 16.2 Å². The fraction of sp³-hybridized carbons (Fsp3) is 0.167. The number of rotatable bonds is 7. The molecular weight excluding hydrogens is 381 g/mol. The maximum atomic E-state index is 13.1. The van der Waals surface area contributed by atoms with Crippen molar-refractivity contribution in [3.05, 3.63) is 59.7 Å². The number of alkyl halides is 2. The third kappa shape index (κ3) is 4.58. The number of halogens is 3. The third-order valence-corrected chi connectivity index (χ3v) is 3.49. The molecular formula is C18H13F3N2O5. The molecule has 0 saturated carbocycles. The number of esters is 1. The van der Waals surface area contributed by atoms with Crippen LogP contribution in [-0.4, -0.2) is 29.8 Å². The van der Waals surface area contributed by atoms with Crippen molar-refractivity contribution in [2.75, 3.05) is 7.11 Å². The van der Waals surface area contributed by atoms with Gasteiger partial charge >= 0.3 is 12.6 Å². The van der Waals surface area contributed by atoms with Crippen LogP contribution in [0.15, 0.2) is 47.0 Å². The first-order chi connectivity index (χ1) is 13.5. The number of benzene rings is 2. The Morgan fingerprint density at radius 2 is 2.00 bits per heavy atom. The summed E-state index contributed by atoms with van der Waals surface area (Å²) in [6, 6.07) is 9.13. The van der Waals surface area contributed by atoms with Crippen LogP contribution >= 0.6 is 0 Å². The van der Waals surface area contributed by atoms with Crippen LogP contribution in [0.25, 0.3) is 11.4 Å². The van der Waals surface area contributed by atoms with E-state index in [1.165, 1.54) is 43.5 Å². The molecule has 0 unspecified atom stereocenters. The van der Waals surface area contributed by atoms with Crippen LogP contribution in [-0.2, 0) is 11.3 Å². The van der Waals surface area contributed by atoms with Gasteiger partial charge in [0.25, 0.3) is 5.89 Å². The van der Waals surface area contributed by atoms with E-state index in [9.17, 15) is 18.0 Å². The van der Waals surface area contributed by atoms with Crippen molar-refractivity contribution in [1.29, 1.82) is 0 Å². The summed E-state index contributed by atoms with van der Waals surface area (Å²) in [4.78, 5) is 15.9. The van der Waals surface area contributed by atoms with Gasteiger partial charge in [0.15, 0.2) is 18.1 Å². The second-order valence-corrected chi connectivity index (χ2v) is 5.34. The van der Waals surface area contributed by atoms with Crippen LogP contribution in [0, 0.1) is 5.82 Å². The molecule has 1 aromatic heterocycles. The predicted octanol–water partition coefficient (Wildman–Crippen LogP) is 3.84. The van der Waals surface area contributed by atoms with Crippen molar-refractivity contribution in [3.8, 4) is 22.9 Å². The molecule has 146 valence electrons. The topological polar surface area (TPSA) is 83.7 Å². The first kappa shape index (κ1) is 19.2. The molecule has 2 aromatic carbocycles. The van der Waals surface area contributed by atoms with Gasteiger partial charge in [-0.05, 0) is 36.4 Å². The van der Waals surface area contributed by atoms with Gasteiger partial charge in [-0.25, -0.2) is 9.18 Å². The van der Waals surface area contributed by atoms with Crippen LogP contribution in [0.2, 0.25) is 0 Å². The van der Waals surface area contributed by atoms with Crippen molar-refractivity contribution in [2.45, 2.75) is 13.2 Å². The quantitative estimate of drug-likeness (QED) is 0.563. The van der Waals surface area contributed by atoms with Gasteiger partial charge in [-0.15, -0.1) is 0 Å². The summed E-state index contributed by atoms with van der Waals surface area (Å²) < 4.78 is 57.2. The zero-order valence-electron chi connectivity index (χ0n) is 14.4. The molecule has 0 aliphatic heterocycles. The molecule has 0 spiro atoms.